The number of hydrogen-bond donors (Lipinski definition) is 3. The van der Waals surface area contributed by atoms with E-state index in [2.05, 4.69) is 42.4 Å². The average molecular weight is 444 g/mol. The summed E-state index contributed by atoms with van der Waals surface area (Å²) in [4.78, 5) is 12.0. The number of carbonyl (C=O) groups excluding carboxylic acids is 1. The summed E-state index contributed by atoms with van der Waals surface area (Å²) in [5.74, 6) is -0.430. The molecular weight excluding hydrogens is 432 g/mol. The molecule has 2 rings (SSSR count). The minimum atomic E-state index is -0.554. The van der Waals surface area contributed by atoms with Crippen molar-refractivity contribution in [1.82, 2.24) is 5.43 Å². The number of carbonyl (C=O) groups is 1. The number of methoxy groups -OCH3 is 1. The molecule has 1 amide bonds. The SMILES string of the molecule is COc1cc(/C=N/NC(=O)c2cc(Br)ccc2O)c(Br)cc1O. The van der Waals surface area contributed by atoms with Gasteiger partial charge in [0.2, 0.25) is 0 Å². The normalized spacial score (nSPS) is 10.7. The van der Waals surface area contributed by atoms with Crippen LogP contribution in [0, 0.1) is 0 Å². The van der Waals surface area contributed by atoms with E-state index in [1.54, 1.807) is 12.1 Å². The van der Waals surface area contributed by atoms with Crippen molar-refractivity contribution >= 4 is 44.0 Å². The molecule has 0 atom stereocenters. The molecule has 6 nitrogen and oxygen atoms in total. The zero-order valence-corrected chi connectivity index (χ0v) is 15.1. The van der Waals surface area contributed by atoms with Gasteiger partial charge in [-0.2, -0.15) is 5.10 Å². The summed E-state index contributed by atoms with van der Waals surface area (Å²) < 4.78 is 6.25. The van der Waals surface area contributed by atoms with E-state index in [-0.39, 0.29) is 22.8 Å². The van der Waals surface area contributed by atoms with Crippen molar-refractivity contribution in [2.75, 3.05) is 7.11 Å². The molecule has 0 unspecified atom stereocenters. The summed E-state index contributed by atoms with van der Waals surface area (Å²) in [5, 5.41) is 23.1. The molecule has 0 heterocycles. The zero-order chi connectivity index (χ0) is 17.0. The van der Waals surface area contributed by atoms with Crippen LogP contribution in [0.3, 0.4) is 0 Å². The molecule has 120 valence electrons. The standard InChI is InChI=1S/C15H12Br2N2O4/c1-23-14-4-8(11(17)6-13(14)21)7-18-19-15(22)10-5-9(16)2-3-12(10)20/h2-7,20-21H,1H3,(H,19,22)/b18-7+. The Bertz CT molecular complexity index is 778. The molecule has 2 aromatic carbocycles. The van der Waals surface area contributed by atoms with Gasteiger partial charge in [-0.3, -0.25) is 4.79 Å². The van der Waals surface area contributed by atoms with E-state index in [4.69, 9.17) is 4.74 Å². The van der Waals surface area contributed by atoms with Crippen molar-refractivity contribution in [3.05, 3.63) is 50.4 Å². The monoisotopic (exact) mass is 442 g/mol. The number of aromatic hydroxyl groups is 2. The Hall–Kier alpha value is -2.06. The Labute approximate surface area is 149 Å². The van der Waals surface area contributed by atoms with Gasteiger partial charge in [-0.05, 0) is 46.3 Å². The second-order valence-corrected chi connectivity index (χ2v) is 6.18. The highest BCUT2D eigenvalue weighted by molar-refractivity contribution is 9.10. The lowest BCUT2D eigenvalue weighted by Crippen LogP contribution is -2.17. The van der Waals surface area contributed by atoms with Gasteiger partial charge in [-0.15, -0.1) is 0 Å². The number of hydrogen-bond acceptors (Lipinski definition) is 5. The molecule has 0 saturated heterocycles. The van der Waals surface area contributed by atoms with Crippen LogP contribution in [-0.2, 0) is 0 Å². The molecule has 0 radical (unpaired) electrons. The number of phenols is 2. The van der Waals surface area contributed by atoms with Crippen molar-refractivity contribution in [1.29, 1.82) is 0 Å². The second-order valence-electron chi connectivity index (χ2n) is 4.41. The molecule has 23 heavy (non-hydrogen) atoms. The third-order valence-corrected chi connectivity index (χ3v) is 4.05. The first-order valence-electron chi connectivity index (χ1n) is 6.30. The van der Waals surface area contributed by atoms with Gasteiger partial charge in [0.25, 0.3) is 5.91 Å². The molecular formula is C15H12Br2N2O4. The van der Waals surface area contributed by atoms with Gasteiger partial charge in [-0.1, -0.05) is 15.9 Å². The third-order valence-electron chi connectivity index (χ3n) is 2.87. The van der Waals surface area contributed by atoms with Crippen LogP contribution in [0.25, 0.3) is 0 Å². The Kier molecular flexibility index (Phi) is 5.62. The summed E-state index contributed by atoms with van der Waals surface area (Å²) in [6.07, 6.45) is 1.39. The molecule has 0 aromatic heterocycles. The molecule has 0 spiro atoms. The molecule has 0 bridgehead atoms. The van der Waals surface area contributed by atoms with Crippen LogP contribution in [-0.4, -0.2) is 29.4 Å². The van der Waals surface area contributed by atoms with Crippen LogP contribution >= 0.6 is 31.9 Å². The average Bonchev–Trinajstić information content (AvgIpc) is 2.51. The predicted molar refractivity (Wildman–Crippen MR) is 93.2 cm³/mol. The minimum absolute atomic E-state index is 0.0142. The Morgan fingerprint density at radius 1 is 1.22 bits per heavy atom. The maximum Gasteiger partial charge on any atom is 0.275 e. The number of nitrogens with one attached hydrogen (secondary N) is 1. The van der Waals surface area contributed by atoms with Crippen LogP contribution in [0.15, 0.2) is 44.4 Å². The highest BCUT2D eigenvalue weighted by Gasteiger charge is 2.11. The Morgan fingerprint density at radius 2 is 1.96 bits per heavy atom. The van der Waals surface area contributed by atoms with E-state index in [1.165, 1.54) is 31.5 Å². The highest BCUT2D eigenvalue weighted by Crippen LogP contribution is 2.31. The number of halogens is 2. The Morgan fingerprint density at radius 3 is 2.65 bits per heavy atom. The summed E-state index contributed by atoms with van der Waals surface area (Å²) in [6.45, 7) is 0. The number of phenolic OH excluding ortho intramolecular Hbond substituents is 2. The van der Waals surface area contributed by atoms with Crippen LogP contribution < -0.4 is 10.2 Å². The van der Waals surface area contributed by atoms with Crippen LogP contribution in [0.2, 0.25) is 0 Å². The number of benzene rings is 2. The van der Waals surface area contributed by atoms with E-state index >= 15 is 0 Å². The first-order valence-corrected chi connectivity index (χ1v) is 7.89. The second kappa shape index (κ2) is 7.47. The van der Waals surface area contributed by atoms with Gasteiger partial charge in [0.05, 0.1) is 18.9 Å². The van der Waals surface area contributed by atoms with E-state index < -0.39 is 5.91 Å². The highest BCUT2D eigenvalue weighted by atomic mass is 79.9. The summed E-state index contributed by atoms with van der Waals surface area (Å²) >= 11 is 6.51. The molecule has 0 aliphatic heterocycles. The molecule has 0 aliphatic carbocycles. The topological polar surface area (TPSA) is 91.2 Å². The quantitative estimate of drug-likeness (QED) is 0.498. The van der Waals surface area contributed by atoms with Gasteiger partial charge in [0.15, 0.2) is 11.5 Å². The lowest BCUT2D eigenvalue weighted by molar-refractivity contribution is 0.0952. The van der Waals surface area contributed by atoms with Crippen molar-refractivity contribution in [2.45, 2.75) is 0 Å². The fourth-order valence-electron chi connectivity index (χ4n) is 1.73. The third kappa shape index (κ3) is 4.23. The number of amides is 1. The predicted octanol–water partition coefficient (Wildman–Crippen LogP) is 3.40. The molecule has 8 heteroatoms. The smallest absolute Gasteiger partial charge is 0.275 e. The summed E-state index contributed by atoms with van der Waals surface area (Å²) in [7, 11) is 1.43. The summed E-state index contributed by atoms with van der Waals surface area (Å²) in [6, 6.07) is 7.53. The maximum absolute atomic E-state index is 12.0. The van der Waals surface area contributed by atoms with Crippen molar-refractivity contribution in [2.24, 2.45) is 5.10 Å². The van der Waals surface area contributed by atoms with E-state index in [1.807, 2.05) is 0 Å². The molecule has 3 N–H and O–H groups in total. The molecule has 0 fully saturated rings. The van der Waals surface area contributed by atoms with Gasteiger partial charge < -0.3 is 14.9 Å². The van der Waals surface area contributed by atoms with E-state index in [0.29, 0.717) is 14.5 Å². The van der Waals surface area contributed by atoms with E-state index in [0.717, 1.165) is 0 Å². The van der Waals surface area contributed by atoms with Crippen LogP contribution in [0.4, 0.5) is 0 Å². The fraction of sp³-hybridized carbons (Fsp3) is 0.0667. The maximum atomic E-state index is 12.0. The van der Waals surface area contributed by atoms with Crippen molar-refractivity contribution in [3.63, 3.8) is 0 Å². The lowest BCUT2D eigenvalue weighted by Gasteiger charge is -2.06. The number of hydrazone groups is 1. The Balaban J connectivity index is 2.16. The van der Waals surface area contributed by atoms with Crippen molar-refractivity contribution < 1.29 is 19.7 Å². The van der Waals surface area contributed by atoms with Gasteiger partial charge in [-0.25, -0.2) is 5.43 Å². The van der Waals surface area contributed by atoms with Crippen molar-refractivity contribution in [3.8, 4) is 17.2 Å². The zero-order valence-electron chi connectivity index (χ0n) is 11.9. The molecule has 2 aromatic rings. The van der Waals surface area contributed by atoms with Gasteiger partial charge in [0, 0.05) is 14.5 Å². The fourth-order valence-corrected chi connectivity index (χ4v) is 2.53. The van der Waals surface area contributed by atoms with Gasteiger partial charge >= 0.3 is 0 Å². The minimum Gasteiger partial charge on any atom is -0.507 e. The number of ether oxygens (including phenoxy) is 1. The van der Waals surface area contributed by atoms with E-state index in [9.17, 15) is 15.0 Å². The number of rotatable bonds is 4. The van der Waals surface area contributed by atoms with Gasteiger partial charge in [0.1, 0.15) is 5.75 Å². The summed E-state index contributed by atoms with van der Waals surface area (Å²) in [5.41, 5.74) is 3.01. The van der Waals surface area contributed by atoms with Crippen LogP contribution in [0.1, 0.15) is 15.9 Å². The largest absolute Gasteiger partial charge is 0.507 e. The van der Waals surface area contributed by atoms with Crippen LogP contribution in [0.5, 0.6) is 17.2 Å². The lowest BCUT2D eigenvalue weighted by atomic mass is 10.2. The molecule has 0 aliphatic rings. The first-order chi connectivity index (χ1) is 10.9. The molecule has 0 saturated carbocycles. The number of nitrogens with zero attached hydrogens (tertiary/aromatic N) is 1. The first kappa shape index (κ1) is 17.3.